The average molecular weight is 210 g/mol. The summed E-state index contributed by atoms with van der Waals surface area (Å²) in [4.78, 5) is 16.1. The minimum Gasteiger partial charge on any atom is -0.343 e. The molecule has 1 amide bonds. The van der Waals surface area contributed by atoms with Crippen molar-refractivity contribution < 1.29 is 4.79 Å². The molecule has 0 unspecified atom stereocenters. The highest BCUT2D eigenvalue weighted by molar-refractivity contribution is 5.76. The second-order valence-corrected chi connectivity index (χ2v) is 4.35. The molecule has 4 nitrogen and oxygen atoms in total. The number of amides is 1. The molecule has 2 fully saturated rings. The summed E-state index contributed by atoms with van der Waals surface area (Å²) in [6.45, 7) is 6.84. The molecule has 0 atom stereocenters. The van der Waals surface area contributed by atoms with Gasteiger partial charge in [-0.25, -0.2) is 5.32 Å². The van der Waals surface area contributed by atoms with Crippen LogP contribution in [0, 0.1) is 0 Å². The predicted molar refractivity (Wildman–Crippen MR) is 58.7 cm³/mol. The fourth-order valence-electron chi connectivity index (χ4n) is 2.25. The second kappa shape index (κ2) is 5.47. The SMILES string of the molecule is O=C(CCN1CC[N]CC1)N1CCCC1. The smallest absolute Gasteiger partial charge is 0.223 e. The van der Waals surface area contributed by atoms with Gasteiger partial charge in [-0.2, -0.15) is 0 Å². The van der Waals surface area contributed by atoms with Crippen LogP contribution < -0.4 is 5.32 Å². The Hall–Kier alpha value is -0.610. The maximum Gasteiger partial charge on any atom is 0.223 e. The van der Waals surface area contributed by atoms with E-state index in [1.165, 1.54) is 12.8 Å². The third kappa shape index (κ3) is 3.18. The van der Waals surface area contributed by atoms with Gasteiger partial charge in [0.25, 0.3) is 0 Å². The first-order valence-corrected chi connectivity index (χ1v) is 5.99. The lowest BCUT2D eigenvalue weighted by Crippen LogP contribution is -2.42. The lowest BCUT2D eigenvalue weighted by Gasteiger charge is -2.26. The summed E-state index contributed by atoms with van der Waals surface area (Å²) < 4.78 is 0. The van der Waals surface area contributed by atoms with Gasteiger partial charge in [-0.3, -0.25) is 4.79 Å². The molecule has 0 bridgehead atoms. The Balaban J connectivity index is 1.65. The van der Waals surface area contributed by atoms with Crippen molar-refractivity contribution >= 4 is 5.91 Å². The number of likely N-dealkylation sites (tertiary alicyclic amines) is 1. The first kappa shape index (κ1) is 10.9. The normalized spacial score (nSPS) is 23.3. The number of nitrogens with zero attached hydrogens (tertiary/aromatic N) is 3. The second-order valence-electron chi connectivity index (χ2n) is 4.35. The lowest BCUT2D eigenvalue weighted by molar-refractivity contribution is -0.130. The quantitative estimate of drug-likeness (QED) is 0.653. The van der Waals surface area contributed by atoms with E-state index in [1.54, 1.807) is 0 Å². The molecule has 15 heavy (non-hydrogen) atoms. The first-order chi connectivity index (χ1) is 7.36. The van der Waals surface area contributed by atoms with Gasteiger partial charge in [-0.05, 0) is 12.8 Å². The molecule has 1 radical (unpaired) electrons. The summed E-state index contributed by atoms with van der Waals surface area (Å²) in [6, 6.07) is 0. The van der Waals surface area contributed by atoms with Gasteiger partial charge in [0.15, 0.2) is 0 Å². The van der Waals surface area contributed by atoms with Crippen LogP contribution in [0.2, 0.25) is 0 Å². The summed E-state index contributed by atoms with van der Waals surface area (Å²) in [5.41, 5.74) is 0. The number of hydrogen-bond acceptors (Lipinski definition) is 2. The molecule has 0 spiro atoms. The molecule has 0 saturated carbocycles. The van der Waals surface area contributed by atoms with Gasteiger partial charge < -0.3 is 9.80 Å². The van der Waals surface area contributed by atoms with Crippen LogP contribution in [0.15, 0.2) is 0 Å². The van der Waals surface area contributed by atoms with Gasteiger partial charge in [-0.15, -0.1) is 0 Å². The van der Waals surface area contributed by atoms with Crippen LogP contribution >= 0.6 is 0 Å². The Morgan fingerprint density at radius 3 is 2.40 bits per heavy atom. The zero-order valence-electron chi connectivity index (χ0n) is 9.32. The molecule has 2 saturated heterocycles. The van der Waals surface area contributed by atoms with Crippen LogP contribution in [0.5, 0.6) is 0 Å². The molecule has 85 valence electrons. The number of rotatable bonds is 3. The lowest BCUT2D eigenvalue weighted by atomic mass is 10.3. The van der Waals surface area contributed by atoms with Crippen molar-refractivity contribution in [1.82, 2.24) is 15.1 Å². The molecular formula is C11H20N3O. The predicted octanol–water partition coefficient (Wildman–Crippen LogP) is -0.0811. The minimum absolute atomic E-state index is 0.343. The monoisotopic (exact) mass is 210 g/mol. The van der Waals surface area contributed by atoms with Gasteiger partial charge in [0, 0.05) is 52.2 Å². The highest BCUT2D eigenvalue weighted by atomic mass is 16.2. The molecule has 0 aliphatic carbocycles. The highest BCUT2D eigenvalue weighted by Crippen LogP contribution is 2.09. The average Bonchev–Trinajstić information content (AvgIpc) is 2.81. The van der Waals surface area contributed by atoms with E-state index in [2.05, 4.69) is 10.2 Å². The highest BCUT2D eigenvalue weighted by Gasteiger charge is 2.19. The fourth-order valence-corrected chi connectivity index (χ4v) is 2.25. The van der Waals surface area contributed by atoms with Gasteiger partial charge in [-0.1, -0.05) is 0 Å². The summed E-state index contributed by atoms with van der Waals surface area (Å²) in [7, 11) is 0. The minimum atomic E-state index is 0.343. The van der Waals surface area contributed by atoms with E-state index >= 15 is 0 Å². The van der Waals surface area contributed by atoms with Gasteiger partial charge in [0.2, 0.25) is 5.91 Å². The molecule has 0 aromatic carbocycles. The summed E-state index contributed by atoms with van der Waals surface area (Å²) >= 11 is 0. The Labute approximate surface area is 91.6 Å². The number of carbonyl (C=O) groups is 1. The van der Waals surface area contributed by atoms with Crippen LogP contribution in [0.3, 0.4) is 0 Å². The molecule has 2 heterocycles. The number of hydrogen-bond donors (Lipinski definition) is 0. The van der Waals surface area contributed by atoms with E-state index in [1.807, 2.05) is 4.90 Å². The molecule has 0 N–H and O–H groups in total. The maximum atomic E-state index is 11.8. The van der Waals surface area contributed by atoms with E-state index in [9.17, 15) is 4.79 Å². The van der Waals surface area contributed by atoms with E-state index in [-0.39, 0.29) is 0 Å². The van der Waals surface area contributed by atoms with Crippen molar-refractivity contribution in [3.63, 3.8) is 0 Å². The maximum absolute atomic E-state index is 11.8. The summed E-state index contributed by atoms with van der Waals surface area (Å²) in [5.74, 6) is 0.343. The van der Waals surface area contributed by atoms with E-state index in [0.717, 1.165) is 45.8 Å². The zero-order chi connectivity index (χ0) is 10.5. The largest absolute Gasteiger partial charge is 0.343 e. The van der Waals surface area contributed by atoms with Crippen LogP contribution in [0.4, 0.5) is 0 Å². The molecule has 2 aliphatic heterocycles. The third-order valence-corrected chi connectivity index (χ3v) is 3.25. The number of carbonyl (C=O) groups excluding carboxylic acids is 1. The molecular weight excluding hydrogens is 190 g/mol. The van der Waals surface area contributed by atoms with Crippen LogP contribution in [-0.4, -0.2) is 61.5 Å². The first-order valence-electron chi connectivity index (χ1n) is 5.99. The van der Waals surface area contributed by atoms with Crippen molar-refractivity contribution in [3.05, 3.63) is 0 Å². The van der Waals surface area contributed by atoms with Crippen molar-refractivity contribution in [2.75, 3.05) is 45.8 Å². The van der Waals surface area contributed by atoms with Crippen molar-refractivity contribution in [2.45, 2.75) is 19.3 Å². The standard InChI is InChI=1S/C11H20N3O/c15-11(14-6-1-2-7-14)3-8-13-9-4-12-5-10-13/h1-10H2. The molecule has 4 heteroatoms. The molecule has 0 aromatic rings. The van der Waals surface area contributed by atoms with Gasteiger partial charge >= 0.3 is 0 Å². The Morgan fingerprint density at radius 2 is 1.73 bits per heavy atom. The Morgan fingerprint density at radius 1 is 1.07 bits per heavy atom. The summed E-state index contributed by atoms with van der Waals surface area (Å²) in [5, 5.41) is 4.29. The molecule has 2 aliphatic rings. The van der Waals surface area contributed by atoms with Crippen molar-refractivity contribution in [1.29, 1.82) is 0 Å². The van der Waals surface area contributed by atoms with E-state index in [4.69, 9.17) is 0 Å². The molecule has 2 rings (SSSR count). The fraction of sp³-hybridized carbons (Fsp3) is 0.909. The van der Waals surface area contributed by atoms with Crippen molar-refractivity contribution in [2.24, 2.45) is 0 Å². The van der Waals surface area contributed by atoms with E-state index in [0.29, 0.717) is 12.3 Å². The number of piperazine rings is 1. The van der Waals surface area contributed by atoms with Gasteiger partial charge in [0.05, 0.1) is 0 Å². The topological polar surface area (TPSA) is 37.7 Å². The van der Waals surface area contributed by atoms with Crippen LogP contribution in [-0.2, 0) is 4.79 Å². The Kier molecular flexibility index (Phi) is 3.97. The van der Waals surface area contributed by atoms with E-state index < -0.39 is 0 Å². The van der Waals surface area contributed by atoms with Gasteiger partial charge in [0.1, 0.15) is 0 Å². The van der Waals surface area contributed by atoms with Crippen molar-refractivity contribution in [3.8, 4) is 0 Å². The van der Waals surface area contributed by atoms with Crippen LogP contribution in [0.25, 0.3) is 0 Å². The molecule has 0 aromatic heterocycles. The Bertz CT molecular complexity index is 208. The van der Waals surface area contributed by atoms with Crippen LogP contribution in [0.1, 0.15) is 19.3 Å². The third-order valence-electron chi connectivity index (χ3n) is 3.25. The zero-order valence-corrected chi connectivity index (χ0v) is 9.32. The summed E-state index contributed by atoms with van der Waals surface area (Å²) in [6.07, 6.45) is 3.07.